The van der Waals surface area contributed by atoms with Crippen LogP contribution in [0.1, 0.15) is 57.8 Å². The van der Waals surface area contributed by atoms with E-state index in [9.17, 15) is 9.59 Å². The number of amides is 2. The summed E-state index contributed by atoms with van der Waals surface area (Å²) in [4.78, 5) is 30.2. The van der Waals surface area contributed by atoms with Gasteiger partial charge in [-0.3, -0.25) is 14.9 Å². The molecule has 2 amide bonds. The van der Waals surface area contributed by atoms with Crippen LogP contribution in [0.4, 0.5) is 5.95 Å². The molecular formula is C30H34N6O2. The number of rotatable bonds is 5. The first-order valence-electron chi connectivity index (χ1n) is 12.9. The number of aromatic nitrogens is 4. The Hall–Kier alpha value is -4.20. The lowest BCUT2D eigenvalue weighted by Crippen LogP contribution is -2.33. The Morgan fingerprint density at radius 1 is 1.11 bits per heavy atom. The second-order valence-electron chi connectivity index (χ2n) is 11.2. The molecule has 38 heavy (non-hydrogen) atoms. The molecular weight excluding hydrogens is 476 g/mol. The first-order valence-corrected chi connectivity index (χ1v) is 12.9. The van der Waals surface area contributed by atoms with Crippen LogP contribution >= 0.6 is 0 Å². The molecule has 1 aliphatic carbocycles. The third-order valence-corrected chi connectivity index (χ3v) is 6.99. The van der Waals surface area contributed by atoms with Crippen molar-refractivity contribution in [2.75, 3.05) is 5.32 Å². The number of anilines is 1. The summed E-state index contributed by atoms with van der Waals surface area (Å²) in [6, 6.07) is 9.92. The minimum absolute atomic E-state index is 0.0699. The minimum atomic E-state index is -0.543. The van der Waals surface area contributed by atoms with Gasteiger partial charge in [-0.2, -0.15) is 4.98 Å². The van der Waals surface area contributed by atoms with Gasteiger partial charge in [0.15, 0.2) is 5.65 Å². The van der Waals surface area contributed by atoms with Gasteiger partial charge in [0.1, 0.15) is 0 Å². The second kappa shape index (κ2) is 9.59. The van der Waals surface area contributed by atoms with Gasteiger partial charge in [0, 0.05) is 35.8 Å². The van der Waals surface area contributed by atoms with Crippen LogP contribution in [0.2, 0.25) is 0 Å². The molecule has 2 N–H and O–H groups in total. The molecule has 3 heterocycles. The molecule has 1 aromatic carbocycles. The first kappa shape index (κ1) is 25.4. The molecule has 0 fully saturated rings. The van der Waals surface area contributed by atoms with E-state index in [2.05, 4.69) is 39.8 Å². The summed E-state index contributed by atoms with van der Waals surface area (Å²) < 4.78 is 3.62. The van der Waals surface area contributed by atoms with Crippen molar-refractivity contribution in [1.29, 1.82) is 0 Å². The zero-order valence-corrected chi connectivity index (χ0v) is 22.8. The van der Waals surface area contributed by atoms with E-state index >= 15 is 0 Å². The summed E-state index contributed by atoms with van der Waals surface area (Å²) in [5.74, 6) is 0.0333. The number of fused-ring (bicyclic) bond motifs is 2. The Balaban J connectivity index is 1.43. The molecule has 0 bridgehead atoms. The summed E-state index contributed by atoms with van der Waals surface area (Å²) in [6.45, 7) is 9.69. The fraction of sp³-hybridized carbons (Fsp3) is 0.333. The molecule has 0 spiro atoms. The van der Waals surface area contributed by atoms with E-state index in [1.54, 1.807) is 4.52 Å². The maximum Gasteiger partial charge on any atom is 0.253 e. The van der Waals surface area contributed by atoms with Crippen molar-refractivity contribution in [1.82, 2.24) is 24.5 Å². The summed E-state index contributed by atoms with van der Waals surface area (Å²) in [5, 5.41) is 11.2. The normalized spacial score (nSPS) is 14.8. The van der Waals surface area contributed by atoms with Crippen molar-refractivity contribution in [2.45, 2.75) is 53.5 Å². The number of carbonyl (C=O) groups is 2. The predicted octanol–water partition coefficient (Wildman–Crippen LogP) is 5.66. The van der Waals surface area contributed by atoms with Crippen molar-refractivity contribution in [3.63, 3.8) is 0 Å². The molecule has 5 rings (SSSR count). The van der Waals surface area contributed by atoms with Gasteiger partial charge in [0.25, 0.3) is 5.91 Å². The summed E-state index contributed by atoms with van der Waals surface area (Å²) >= 11 is 0. The maximum atomic E-state index is 13.4. The van der Waals surface area contributed by atoms with Crippen LogP contribution in [-0.2, 0) is 11.8 Å². The van der Waals surface area contributed by atoms with Gasteiger partial charge in [0.2, 0.25) is 11.9 Å². The number of pyridine rings is 1. The monoisotopic (exact) mass is 510 g/mol. The number of nitrogens with one attached hydrogen (secondary N) is 2. The highest BCUT2D eigenvalue weighted by atomic mass is 16.2. The van der Waals surface area contributed by atoms with Crippen LogP contribution in [0.3, 0.4) is 0 Å². The van der Waals surface area contributed by atoms with Gasteiger partial charge >= 0.3 is 0 Å². The highest BCUT2D eigenvalue weighted by Gasteiger charge is 2.23. The van der Waals surface area contributed by atoms with Crippen LogP contribution in [0.25, 0.3) is 27.7 Å². The second-order valence-corrected chi connectivity index (χ2v) is 11.2. The quantitative estimate of drug-likeness (QED) is 0.362. The fourth-order valence-corrected chi connectivity index (χ4v) is 4.70. The Bertz CT molecular complexity index is 1630. The van der Waals surface area contributed by atoms with Crippen LogP contribution in [-0.4, -0.2) is 37.0 Å². The number of nitrogens with zero attached hydrogens (tertiary/aromatic N) is 4. The molecule has 4 aromatic rings. The molecule has 8 nitrogen and oxygen atoms in total. The van der Waals surface area contributed by atoms with Crippen molar-refractivity contribution in [3.05, 3.63) is 71.6 Å². The molecule has 1 aliphatic rings. The smallest absolute Gasteiger partial charge is 0.253 e. The van der Waals surface area contributed by atoms with E-state index in [0.29, 0.717) is 11.2 Å². The highest BCUT2D eigenvalue weighted by Crippen LogP contribution is 2.29. The van der Waals surface area contributed by atoms with Crippen LogP contribution in [0.5, 0.6) is 0 Å². The van der Waals surface area contributed by atoms with Crippen molar-refractivity contribution < 1.29 is 9.59 Å². The van der Waals surface area contributed by atoms with Crippen LogP contribution in [0.15, 0.2) is 66.0 Å². The van der Waals surface area contributed by atoms with Crippen LogP contribution < -0.4 is 10.6 Å². The summed E-state index contributed by atoms with van der Waals surface area (Å²) in [7, 11) is 1.95. The molecule has 1 atom stereocenters. The summed E-state index contributed by atoms with van der Waals surface area (Å²) in [5.41, 5.74) is 6.10. The number of aryl methyl sites for hydroxylation is 1. The van der Waals surface area contributed by atoms with Crippen molar-refractivity contribution in [2.24, 2.45) is 12.5 Å². The lowest BCUT2D eigenvalue weighted by molar-refractivity contribution is -0.123. The molecule has 1 unspecified atom stereocenters. The van der Waals surface area contributed by atoms with Gasteiger partial charge < -0.3 is 9.88 Å². The SMILES string of the molecule is CC1=CC(C(C)NC(=O)c2cn(C)c3ccc(-c4ccn5nc(NC(=O)C(C)(C)C)nc5c4)cc23)=CCC1. The van der Waals surface area contributed by atoms with Crippen LogP contribution in [0, 0.1) is 5.41 Å². The number of allylic oxidation sites excluding steroid dienone is 2. The first-order chi connectivity index (χ1) is 18.0. The molecule has 3 aromatic heterocycles. The van der Waals surface area contributed by atoms with E-state index in [4.69, 9.17) is 0 Å². The summed E-state index contributed by atoms with van der Waals surface area (Å²) in [6.07, 6.45) is 10.2. The lowest BCUT2D eigenvalue weighted by Gasteiger charge is -2.19. The van der Waals surface area contributed by atoms with E-state index < -0.39 is 5.41 Å². The minimum Gasteiger partial charge on any atom is -0.350 e. The standard InChI is InChI=1S/C30H34N6O2/c1-18-8-7-9-20(14-18)19(2)31-27(37)24-17-35(6)25-11-10-21(15-23(24)25)22-12-13-36-26(16-22)32-29(34-36)33-28(38)30(3,4)5/h9-17,19H,7-8H2,1-6H3,(H,31,37)(H,33,34,38). The molecule has 0 saturated carbocycles. The third kappa shape index (κ3) is 4.98. The largest absolute Gasteiger partial charge is 0.350 e. The van der Waals surface area contributed by atoms with Crippen molar-refractivity contribution in [3.8, 4) is 11.1 Å². The molecule has 8 heteroatoms. The van der Waals surface area contributed by atoms with E-state index in [0.717, 1.165) is 40.4 Å². The molecule has 196 valence electrons. The number of hydrogen-bond donors (Lipinski definition) is 2. The number of benzene rings is 1. The zero-order chi connectivity index (χ0) is 27.2. The Morgan fingerprint density at radius 3 is 2.61 bits per heavy atom. The number of carbonyl (C=O) groups excluding carboxylic acids is 2. The molecule has 0 radical (unpaired) electrons. The average molecular weight is 511 g/mol. The lowest BCUT2D eigenvalue weighted by atomic mass is 9.96. The Labute approximate surface area is 222 Å². The van der Waals surface area contributed by atoms with E-state index in [1.165, 1.54) is 5.57 Å². The average Bonchev–Trinajstić information content (AvgIpc) is 3.42. The Kier molecular flexibility index (Phi) is 6.42. The highest BCUT2D eigenvalue weighted by molar-refractivity contribution is 6.08. The predicted molar refractivity (Wildman–Crippen MR) is 151 cm³/mol. The Morgan fingerprint density at radius 2 is 1.87 bits per heavy atom. The van der Waals surface area contributed by atoms with E-state index in [-0.39, 0.29) is 23.8 Å². The molecule has 0 saturated heterocycles. The van der Waals surface area contributed by atoms with Gasteiger partial charge in [-0.1, -0.05) is 44.6 Å². The van der Waals surface area contributed by atoms with Gasteiger partial charge in [-0.25, -0.2) is 4.52 Å². The number of hydrogen-bond acceptors (Lipinski definition) is 4. The van der Waals surface area contributed by atoms with Gasteiger partial charge in [-0.15, -0.1) is 5.10 Å². The van der Waals surface area contributed by atoms with Gasteiger partial charge in [0.05, 0.1) is 11.6 Å². The van der Waals surface area contributed by atoms with Gasteiger partial charge in [-0.05, 0) is 67.7 Å². The fourth-order valence-electron chi connectivity index (χ4n) is 4.70. The van der Waals surface area contributed by atoms with E-state index in [1.807, 2.05) is 82.0 Å². The third-order valence-electron chi connectivity index (χ3n) is 6.99. The zero-order valence-electron chi connectivity index (χ0n) is 22.8. The topological polar surface area (TPSA) is 93.3 Å². The molecule has 0 aliphatic heterocycles. The van der Waals surface area contributed by atoms with Crippen molar-refractivity contribution >= 4 is 34.3 Å². The maximum absolute atomic E-state index is 13.4.